The first-order chi connectivity index (χ1) is 22.3. The van der Waals surface area contributed by atoms with Crippen molar-refractivity contribution in [2.24, 2.45) is 5.92 Å². The zero-order chi connectivity index (χ0) is 34.3. The number of benzene rings is 4. The molecule has 0 radical (unpaired) electrons. The van der Waals surface area contributed by atoms with Crippen molar-refractivity contribution in [2.45, 2.75) is 51.6 Å². The number of anilines is 1. The molecule has 0 unspecified atom stereocenters. The summed E-state index contributed by atoms with van der Waals surface area (Å²) in [5.41, 5.74) is 2.85. The summed E-state index contributed by atoms with van der Waals surface area (Å²) >= 11 is 19.6. The SMILES string of the molecule is Cc1ccc(S(=O)(=O)N(CC(=O)N(Cc2c(Cl)cccc2Cl)[C@@H](Cc2ccccc2)C(=O)NCC(C)C)c2cccc(Cl)c2C)cc1. The van der Waals surface area contributed by atoms with Crippen molar-refractivity contribution in [3.05, 3.63) is 128 Å². The largest absolute Gasteiger partial charge is 0.354 e. The maximum absolute atomic E-state index is 14.7. The first-order valence-corrected chi connectivity index (χ1v) is 17.8. The van der Waals surface area contributed by atoms with Crippen molar-refractivity contribution in [3.63, 3.8) is 0 Å². The summed E-state index contributed by atoms with van der Waals surface area (Å²) in [4.78, 5) is 30.0. The lowest BCUT2D eigenvalue weighted by Crippen LogP contribution is -2.54. The summed E-state index contributed by atoms with van der Waals surface area (Å²) in [7, 11) is -4.28. The minimum atomic E-state index is -4.28. The second-order valence-corrected chi connectivity index (χ2v) is 14.9. The summed E-state index contributed by atoms with van der Waals surface area (Å²) in [6.07, 6.45) is 0.166. The first-order valence-electron chi connectivity index (χ1n) is 15.2. The van der Waals surface area contributed by atoms with E-state index in [0.717, 1.165) is 15.4 Å². The van der Waals surface area contributed by atoms with Crippen molar-refractivity contribution in [2.75, 3.05) is 17.4 Å². The van der Waals surface area contributed by atoms with Crippen molar-refractivity contribution in [3.8, 4) is 0 Å². The summed E-state index contributed by atoms with van der Waals surface area (Å²) in [6.45, 7) is 7.11. The van der Waals surface area contributed by atoms with Gasteiger partial charge in [0.1, 0.15) is 12.6 Å². The van der Waals surface area contributed by atoms with Gasteiger partial charge in [-0.25, -0.2) is 8.42 Å². The third-order valence-electron chi connectivity index (χ3n) is 7.74. The van der Waals surface area contributed by atoms with Gasteiger partial charge in [0.25, 0.3) is 10.0 Å². The van der Waals surface area contributed by atoms with Crippen LogP contribution in [-0.2, 0) is 32.6 Å². The minimum absolute atomic E-state index is 0.00601. The maximum atomic E-state index is 14.7. The van der Waals surface area contributed by atoms with Gasteiger partial charge in [-0.05, 0) is 67.3 Å². The molecule has 0 saturated heterocycles. The average molecular weight is 715 g/mol. The lowest BCUT2D eigenvalue weighted by atomic mass is 10.0. The number of carbonyl (C=O) groups excluding carboxylic acids is 2. The summed E-state index contributed by atoms with van der Waals surface area (Å²) in [6, 6.07) is 24.6. The minimum Gasteiger partial charge on any atom is -0.354 e. The zero-order valence-electron chi connectivity index (χ0n) is 26.7. The number of aryl methyl sites for hydroxylation is 1. The van der Waals surface area contributed by atoms with Crippen molar-refractivity contribution >= 4 is 62.3 Å². The van der Waals surface area contributed by atoms with Crippen LogP contribution in [0.1, 0.15) is 36.1 Å². The molecule has 0 aliphatic rings. The Morgan fingerprint density at radius 3 is 2.00 bits per heavy atom. The molecule has 0 saturated carbocycles. The van der Waals surface area contributed by atoms with Gasteiger partial charge in [0.2, 0.25) is 11.8 Å². The Morgan fingerprint density at radius 2 is 1.38 bits per heavy atom. The van der Waals surface area contributed by atoms with Crippen LogP contribution in [0.3, 0.4) is 0 Å². The predicted octanol–water partition coefficient (Wildman–Crippen LogP) is 7.87. The van der Waals surface area contributed by atoms with E-state index in [2.05, 4.69) is 5.32 Å². The second-order valence-electron chi connectivity index (χ2n) is 11.8. The highest BCUT2D eigenvalue weighted by molar-refractivity contribution is 7.92. The number of nitrogens with one attached hydrogen (secondary N) is 1. The Hall–Kier alpha value is -3.56. The van der Waals surface area contributed by atoms with Gasteiger partial charge in [-0.2, -0.15) is 0 Å². The quantitative estimate of drug-likeness (QED) is 0.153. The Balaban J connectivity index is 1.86. The highest BCUT2D eigenvalue weighted by Crippen LogP contribution is 2.32. The van der Waals surface area contributed by atoms with Crippen LogP contribution in [0.2, 0.25) is 15.1 Å². The summed E-state index contributed by atoms with van der Waals surface area (Å²) < 4.78 is 29.6. The van der Waals surface area contributed by atoms with E-state index in [4.69, 9.17) is 34.8 Å². The third kappa shape index (κ3) is 9.08. The molecule has 248 valence electrons. The molecule has 0 bridgehead atoms. The number of hydrogen-bond donors (Lipinski definition) is 1. The molecule has 4 aromatic rings. The lowest BCUT2D eigenvalue weighted by Gasteiger charge is -2.34. The van der Waals surface area contributed by atoms with E-state index in [0.29, 0.717) is 32.7 Å². The van der Waals surface area contributed by atoms with E-state index < -0.39 is 28.5 Å². The average Bonchev–Trinajstić information content (AvgIpc) is 3.03. The number of hydrogen-bond acceptors (Lipinski definition) is 4. The van der Waals surface area contributed by atoms with E-state index in [1.54, 1.807) is 55.5 Å². The smallest absolute Gasteiger partial charge is 0.264 e. The van der Waals surface area contributed by atoms with E-state index in [1.165, 1.54) is 17.0 Å². The molecule has 4 rings (SSSR count). The highest BCUT2D eigenvalue weighted by atomic mass is 35.5. The van der Waals surface area contributed by atoms with Crippen molar-refractivity contribution < 1.29 is 18.0 Å². The number of rotatable bonds is 13. The molecule has 0 aliphatic carbocycles. The van der Waals surface area contributed by atoms with Crippen LogP contribution >= 0.6 is 34.8 Å². The fraction of sp³-hybridized carbons (Fsp3) is 0.278. The summed E-state index contributed by atoms with van der Waals surface area (Å²) in [5, 5.41) is 3.93. The Kier molecular flexibility index (Phi) is 12.4. The fourth-order valence-electron chi connectivity index (χ4n) is 5.05. The molecule has 4 aromatic carbocycles. The fourth-order valence-corrected chi connectivity index (χ4v) is 7.21. The molecule has 47 heavy (non-hydrogen) atoms. The molecular formula is C36H38Cl3N3O4S. The number of amides is 2. The Labute approximate surface area is 292 Å². The van der Waals surface area contributed by atoms with Crippen LogP contribution in [0.5, 0.6) is 0 Å². The maximum Gasteiger partial charge on any atom is 0.264 e. The molecule has 7 nitrogen and oxygen atoms in total. The number of sulfonamides is 1. The molecular weight excluding hydrogens is 677 g/mol. The highest BCUT2D eigenvalue weighted by Gasteiger charge is 2.36. The molecule has 0 aliphatic heterocycles. The van der Waals surface area contributed by atoms with Gasteiger partial charge >= 0.3 is 0 Å². The van der Waals surface area contributed by atoms with E-state index in [-0.39, 0.29) is 35.4 Å². The van der Waals surface area contributed by atoms with Crippen LogP contribution in [-0.4, -0.2) is 44.3 Å². The normalized spacial score (nSPS) is 12.1. The first kappa shape index (κ1) is 36.3. The van der Waals surface area contributed by atoms with E-state index in [1.807, 2.05) is 51.1 Å². The third-order valence-corrected chi connectivity index (χ3v) is 10.6. The van der Waals surface area contributed by atoms with Crippen molar-refractivity contribution in [1.29, 1.82) is 0 Å². The van der Waals surface area contributed by atoms with Gasteiger partial charge in [-0.15, -0.1) is 0 Å². The molecule has 0 fully saturated rings. The second kappa shape index (κ2) is 16.0. The van der Waals surface area contributed by atoms with Crippen LogP contribution in [0, 0.1) is 19.8 Å². The van der Waals surface area contributed by atoms with Crippen molar-refractivity contribution in [1.82, 2.24) is 10.2 Å². The monoisotopic (exact) mass is 713 g/mol. The standard InChI is InChI=1S/C36H38Cl3N3O4S/c1-24(2)21-40-36(44)34(20-27-10-6-5-7-11-27)41(22-29-31(38)13-8-14-32(29)39)35(43)23-42(33-15-9-12-30(37)26(33)4)47(45,46)28-18-16-25(3)17-19-28/h5-19,24,34H,20-23H2,1-4H3,(H,40,44)/t34-/m0/s1. The summed E-state index contributed by atoms with van der Waals surface area (Å²) in [5.74, 6) is -0.859. The lowest BCUT2D eigenvalue weighted by molar-refractivity contribution is -0.140. The Bertz CT molecular complexity index is 1800. The van der Waals surface area contributed by atoms with E-state index >= 15 is 0 Å². The van der Waals surface area contributed by atoms with Gasteiger partial charge in [0, 0.05) is 40.1 Å². The van der Waals surface area contributed by atoms with Gasteiger partial charge in [0.05, 0.1) is 10.6 Å². The Morgan fingerprint density at radius 1 is 0.787 bits per heavy atom. The van der Waals surface area contributed by atoms with Gasteiger partial charge in [0.15, 0.2) is 0 Å². The number of halogens is 3. The van der Waals surface area contributed by atoms with E-state index in [9.17, 15) is 18.0 Å². The van der Waals surface area contributed by atoms with Gasteiger partial charge < -0.3 is 10.2 Å². The van der Waals surface area contributed by atoms with Crippen LogP contribution in [0.15, 0.2) is 95.9 Å². The molecule has 1 atom stereocenters. The topological polar surface area (TPSA) is 86.8 Å². The predicted molar refractivity (Wildman–Crippen MR) is 191 cm³/mol. The zero-order valence-corrected chi connectivity index (χ0v) is 29.8. The number of nitrogens with zero attached hydrogens (tertiary/aromatic N) is 2. The molecule has 0 heterocycles. The van der Waals surface area contributed by atoms with Gasteiger partial charge in [-0.1, -0.05) is 109 Å². The van der Waals surface area contributed by atoms with Crippen LogP contribution in [0.4, 0.5) is 5.69 Å². The van der Waals surface area contributed by atoms with Crippen LogP contribution < -0.4 is 9.62 Å². The molecule has 1 N–H and O–H groups in total. The van der Waals surface area contributed by atoms with Crippen LogP contribution in [0.25, 0.3) is 0 Å². The molecule has 0 spiro atoms. The molecule has 2 amide bonds. The van der Waals surface area contributed by atoms with Gasteiger partial charge in [-0.3, -0.25) is 13.9 Å². The molecule has 11 heteroatoms. The molecule has 0 aromatic heterocycles. The number of carbonyl (C=O) groups is 2.